The zero-order chi connectivity index (χ0) is 10.8. The second kappa shape index (κ2) is 4.69. The van der Waals surface area contributed by atoms with Gasteiger partial charge in [0.2, 0.25) is 5.91 Å². The fraction of sp³-hybridized carbons (Fsp3) is 0.889. The molecule has 15 heavy (non-hydrogen) atoms. The summed E-state index contributed by atoms with van der Waals surface area (Å²) < 4.78 is 0. The van der Waals surface area contributed by atoms with Crippen molar-refractivity contribution >= 4 is 17.7 Å². The molecule has 2 aliphatic rings. The molecule has 2 aliphatic heterocycles. The summed E-state index contributed by atoms with van der Waals surface area (Å²) in [6, 6.07) is -0.152. The second-order valence-corrected chi connectivity index (χ2v) is 5.11. The molecule has 0 bridgehead atoms. The van der Waals surface area contributed by atoms with E-state index in [1.54, 1.807) is 16.7 Å². The van der Waals surface area contributed by atoms with E-state index in [2.05, 4.69) is 5.32 Å². The number of amides is 1. The van der Waals surface area contributed by atoms with Crippen molar-refractivity contribution < 1.29 is 15.0 Å². The third-order valence-electron chi connectivity index (χ3n) is 2.79. The molecule has 0 saturated carbocycles. The largest absolute Gasteiger partial charge is 0.388 e. The van der Waals surface area contributed by atoms with Gasteiger partial charge in [0.15, 0.2) is 0 Å². The van der Waals surface area contributed by atoms with Crippen LogP contribution in [0.1, 0.15) is 0 Å². The number of nitrogens with one attached hydrogen (secondary N) is 1. The van der Waals surface area contributed by atoms with E-state index in [4.69, 9.17) is 0 Å². The van der Waals surface area contributed by atoms with E-state index in [1.165, 1.54) is 0 Å². The van der Waals surface area contributed by atoms with Crippen molar-refractivity contribution in [1.29, 1.82) is 0 Å². The van der Waals surface area contributed by atoms with E-state index in [0.29, 0.717) is 0 Å². The van der Waals surface area contributed by atoms with Gasteiger partial charge in [0.1, 0.15) is 0 Å². The molecule has 0 aromatic heterocycles. The Hall–Kier alpha value is -0.300. The molecule has 3 atom stereocenters. The Morgan fingerprint density at radius 2 is 2.00 bits per heavy atom. The number of carbonyl (C=O) groups is 1. The number of aliphatic hydroxyl groups excluding tert-OH is 2. The number of thioether (sulfide) groups is 1. The normalized spacial score (nSPS) is 36.9. The van der Waals surface area contributed by atoms with Gasteiger partial charge in [-0.05, 0) is 0 Å². The zero-order valence-electron chi connectivity index (χ0n) is 8.43. The first-order valence-corrected chi connectivity index (χ1v) is 6.30. The van der Waals surface area contributed by atoms with Gasteiger partial charge in [-0.3, -0.25) is 4.79 Å². The molecule has 0 aliphatic carbocycles. The first kappa shape index (κ1) is 11.2. The van der Waals surface area contributed by atoms with Gasteiger partial charge in [-0.25, -0.2) is 0 Å². The quantitative estimate of drug-likeness (QED) is 0.500. The highest BCUT2D eigenvalue weighted by Crippen LogP contribution is 2.15. The summed E-state index contributed by atoms with van der Waals surface area (Å²) in [7, 11) is 0. The summed E-state index contributed by atoms with van der Waals surface area (Å²) in [5, 5.41) is 21.8. The van der Waals surface area contributed by atoms with Gasteiger partial charge in [-0.1, -0.05) is 0 Å². The number of rotatable bonds is 1. The van der Waals surface area contributed by atoms with Gasteiger partial charge >= 0.3 is 0 Å². The Balaban J connectivity index is 1.90. The van der Waals surface area contributed by atoms with Crippen LogP contribution < -0.4 is 5.32 Å². The number of β-amino-alcohol motifs (C(OH)–C–C–N with tert-alkyl or cyclic N) is 2. The van der Waals surface area contributed by atoms with Crippen LogP contribution in [-0.2, 0) is 4.79 Å². The SMILES string of the molecule is O=C(C1CSCCN1)N1C[C@@H](O)[C@@H](O)C1. The maximum Gasteiger partial charge on any atom is 0.240 e. The van der Waals surface area contributed by atoms with Crippen LogP contribution in [0.2, 0.25) is 0 Å². The lowest BCUT2D eigenvalue weighted by Gasteiger charge is -2.26. The molecular weight excluding hydrogens is 216 g/mol. The lowest BCUT2D eigenvalue weighted by atomic mass is 10.3. The Bertz CT molecular complexity index is 236. The minimum atomic E-state index is -0.787. The minimum absolute atomic E-state index is 0.00204. The van der Waals surface area contributed by atoms with E-state index >= 15 is 0 Å². The summed E-state index contributed by atoms with van der Waals surface area (Å²) in [5.41, 5.74) is 0. The second-order valence-electron chi connectivity index (χ2n) is 3.96. The third kappa shape index (κ3) is 2.44. The maximum absolute atomic E-state index is 11.9. The average molecular weight is 232 g/mol. The number of nitrogens with zero attached hydrogens (tertiary/aromatic N) is 1. The summed E-state index contributed by atoms with van der Waals surface area (Å²) in [6.07, 6.45) is -1.57. The predicted molar refractivity (Wildman–Crippen MR) is 57.7 cm³/mol. The average Bonchev–Trinajstić information content (AvgIpc) is 2.59. The van der Waals surface area contributed by atoms with Crippen molar-refractivity contribution in [2.24, 2.45) is 0 Å². The minimum Gasteiger partial charge on any atom is -0.388 e. The van der Waals surface area contributed by atoms with Crippen LogP contribution in [0.3, 0.4) is 0 Å². The third-order valence-corrected chi connectivity index (χ3v) is 3.85. The molecular formula is C9H16N2O3S. The zero-order valence-corrected chi connectivity index (χ0v) is 9.24. The van der Waals surface area contributed by atoms with Crippen molar-refractivity contribution in [3.63, 3.8) is 0 Å². The molecule has 3 N–H and O–H groups in total. The Labute approximate surface area is 92.8 Å². The van der Waals surface area contributed by atoms with E-state index in [-0.39, 0.29) is 25.0 Å². The van der Waals surface area contributed by atoms with Crippen molar-refractivity contribution in [3.8, 4) is 0 Å². The Morgan fingerprint density at radius 3 is 2.53 bits per heavy atom. The van der Waals surface area contributed by atoms with Crippen LogP contribution >= 0.6 is 11.8 Å². The van der Waals surface area contributed by atoms with E-state index in [9.17, 15) is 15.0 Å². The molecule has 0 spiro atoms. The van der Waals surface area contributed by atoms with Crippen LogP contribution in [0.15, 0.2) is 0 Å². The van der Waals surface area contributed by atoms with Crippen LogP contribution in [0.4, 0.5) is 0 Å². The lowest BCUT2D eigenvalue weighted by molar-refractivity contribution is -0.132. The summed E-state index contributed by atoms with van der Waals surface area (Å²) >= 11 is 1.76. The monoisotopic (exact) mass is 232 g/mol. The predicted octanol–water partition coefficient (Wildman–Crippen LogP) is -1.74. The van der Waals surface area contributed by atoms with Gasteiger partial charge < -0.3 is 20.4 Å². The summed E-state index contributed by atoms with van der Waals surface area (Å²) in [4.78, 5) is 13.5. The Morgan fingerprint density at radius 1 is 1.33 bits per heavy atom. The van der Waals surface area contributed by atoms with E-state index in [1.807, 2.05) is 0 Å². The molecule has 2 saturated heterocycles. The molecule has 2 heterocycles. The lowest BCUT2D eigenvalue weighted by Crippen LogP contribution is -2.50. The summed E-state index contributed by atoms with van der Waals surface area (Å²) in [5.74, 6) is 1.81. The van der Waals surface area contributed by atoms with Crippen molar-refractivity contribution in [3.05, 3.63) is 0 Å². The molecule has 5 nitrogen and oxygen atoms in total. The van der Waals surface area contributed by atoms with Gasteiger partial charge in [0.25, 0.3) is 0 Å². The number of likely N-dealkylation sites (tertiary alicyclic amines) is 1. The first-order chi connectivity index (χ1) is 7.18. The standard InChI is InChI=1S/C9H16N2O3S/c12-7-3-11(4-8(7)13)9(14)6-5-15-2-1-10-6/h6-8,10,12-13H,1-5H2/t6?,7-,8+. The highest BCUT2D eigenvalue weighted by atomic mass is 32.2. The van der Waals surface area contributed by atoms with Crippen LogP contribution in [-0.4, -0.2) is 70.4 Å². The molecule has 1 amide bonds. The topological polar surface area (TPSA) is 72.8 Å². The fourth-order valence-corrected chi connectivity index (χ4v) is 2.82. The number of carbonyl (C=O) groups excluding carboxylic acids is 1. The highest BCUT2D eigenvalue weighted by Gasteiger charge is 2.35. The smallest absolute Gasteiger partial charge is 0.240 e. The molecule has 2 rings (SSSR count). The molecule has 86 valence electrons. The van der Waals surface area contributed by atoms with E-state index in [0.717, 1.165) is 18.1 Å². The highest BCUT2D eigenvalue weighted by molar-refractivity contribution is 7.99. The van der Waals surface area contributed by atoms with Crippen LogP contribution in [0, 0.1) is 0 Å². The van der Waals surface area contributed by atoms with Crippen molar-refractivity contribution in [2.45, 2.75) is 18.2 Å². The number of aliphatic hydroxyl groups is 2. The molecule has 0 aromatic carbocycles. The van der Waals surface area contributed by atoms with Gasteiger partial charge in [-0.15, -0.1) is 0 Å². The molecule has 1 unspecified atom stereocenters. The molecule has 0 aromatic rings. The first-order valence-electron chi connectivity index (χ1n) is 5.14. The van der Waals surface area contributed by atoms with Crippen LogP contribution in [0.5, 0.6) is 0 Å². The molecule has 0 radical (unpaired) electrons. The number of hydrogen-bond donors (Lipinski definition) is 3. The Kier molecular flexibility index (Phi) is 3.50. The maximum atomic E-state index is 11.9. The van der Waals surface area contributed by atoms with Crippen molar-refractivity contribution in [1.82, 2.24) is 10.2 Å². The van der Waals surface area contributed by atoms with Crippen molar-refractivity contribution in [2.75, 3.05) is 31.1 Å². The van der Waals surface area contributed by atoms with Gasteiger partial charge in [-0.2, -0.15) is 11.8 Å². The fourth-order valence-electron chi connectivity index (χ4n) is 1.89. The van der Waals surface area contributed by atoms with Crippen LogP contribution in [0.25, 0.3) is 0 Å². The molecule has 2 fully saturated rings. The van der Waals surface area contributed by atoms with E-state index < -0.39 is 12.2 Å². The van der Waals surface area contributed by atoms with Gasteiger partial charge in [0, 0.05) is 31.1 Å². The number of hydrogen-bond acceptors (Lipinski definition) is 5. The summed E-state index contributed by atoms with van der Waals surface area (Å²) in [6.45, 7) is 1.35. The van der Waals surface area contributed by atoms with Gasteiger partial charge in [0.05, 0.1) is 18.2 Å². The molecule has 6 heteroatoms.